The molecule has 0 saturated carbocycles. The Morgan fingerprint density at radius 1 is 1.19 bits per heavy atom. The molecule has 0 spiro atoms. The van der Waals surface area contributed by atoms with Crippen LogP contribution in [0, 0.1) is 0 Å². The molecule has 16 heavy (non-hydrogen) atoms. The highest BCUT2D eigenvalue weighted by molar-refractivity contribution is 6.37. The first-order chi connectivity index (χ1) is 7.49. The number of amides is 2. The molecule has 2 rings (SSSR count). The minimum Gasteiger partial charge on any atom is -0.388 e. The Balaban J connectivity index is 2.35. The molecule has 0 bridgehead atoms. The summed E-state index contributed by atoms with van der Waals surface area (Å²) >= 11 is 0. The number of nitrogens with zero attached hydrogens (tertiary/aromatic N) is 1. The molecule has 2 fully saturated rings. The summed E-state index contributed by atoms with van der Waals surface area (Å²) in [6, 6.07) is -0.658. The molecule has 2 saturated heterocycles. The third-order valence-electron chi connectivity index (χ3n) is 3.20. The van der Waals surface area contributed by atoms with E-state index in [0.29, 0.717) is 6.42 Å². The van der Waals surface area contributed by atoms with Crippen LogP contribution in [0.25, 0.3) is 0 Å². The number of carbonyl (C=O) groups is 2. The predicted octanol–water partition coefficient (Wildman–Crippen LogP) is -2.85. The molecule has 0 aromatic rings. The summed E-state index contributed by atoms with van der Waals surface area (Å²) in [7, 11) is 0. The van der Waals surface area contributed by atoms with Gasteiger partial charge in [-0.05, 0) is 6.42 Å². The van der Waals surface area contributed by atoms with E-state index in [2.05, 4.69) is 5.32 Å². The van der Waals surface area contributed by atoms with Gasteiger partial charge in [-0.2, -0.15) is 0 Å². The predicted molar refractivity (Wildman–Crippen MR) is 50.9 cm³/mol. The molecule has 2 aliphatic heterocycles. The molecular formula is C9H14N2O5. The van der Waals surface area contributed by atoms with E-state index in [0.717, 1.165) is 4.90 Å². The van der Waals surface area contributed by atoms with Gasteiger partial charge in [0, 0.05) is 0 Å². The third-order valence-corrected chi connectivity index (χ3v) is 3.20. The fourth-order valence-electron chi connectivity index (χ4n) is 2.34. The highest BCUT2D eigenvalue weighted by Crippen LogP contribution is 2.28. The number of nitrogens with one attached hydrogen (secondary N) is 1. The second-order valence-electron chi connectivity index (χ2n) is 4.08. The standard InChI is InChI=1S/C9H14N2O5/c1-2-3-4(12)5(13)6(14)7-10-8(15)9(16)11(3)7/h3-7,12-14H,2H2,1H3,(H,10,15)/t3-,4-,5+,6-,7+/m1/s1. The fourth-order valence-corrected chi connectivity index (χ4v) is 2.34. The summed E-state index contributed by atoms with van der Waals surface area (Å²) in [5.74, 6) is -1.59. The molecule has 4 N–H and O–H groups in total. The van der Waals surface area contributed by atoms with Crippen LogP contribution in [0.1, 0.15) is 13.3 Å². The molecular weight excluding hydrogens is 216 g/mol. The number of hydrogen-bond donors (Lipinski definition) is 4. The number of fused-ring (bicyclic) bond motifs is 1. The van der Waals surface area contributed by atoms with Gasteiger partial charge >= 0.3 is 11.8 Å². The van der Waals surface area contributed by atoms with Crippen LogP contribution in [0.15, 0.2) is 0 Å². The Bertz CT molecular complexity index is 334. The van der Waals surface area contributed by atoms with Crippen molar-refractivity contribution in [3.05, 3.63) is 0 Å². The van der Waals surface area contributed by atoms with Crippen molar-refractivity contribution < 1.29 is 24.9 Å². The number of rotatable bonds is 1. The molecule has 90 valence electrons. The van der Waals surface area contributed by atoms with Crippen LogP contribution >= 0.6 is 0 Å². The molecule has 0 aromatic heterocycles. The molecule has 0 unspecified atom stereocenters. The van der Waals surface area contributed by atoms with E-state index in [-0.39, 0.29) is 0 Å². The van der Waals surface area contributed by atoms with Crippen molar-refractivity contribution in [2.45, 2.75) is 43.9 Å². The first-order valence-electron chi connectivity index (χ1n) is 5.16. The van der Waals surface area contributed by atoms with Gasteiger partial charge in [0.2, 0.25) is 0 Å². The van der Waals surface area contributed by atoms with Crippen LogP contribution < -0.4 is 5.32 Å². The van der Waals surface area contributed by atoms with Crippen molar-refractivity contribution in [3.8, 4) is 0 Å². The average molecular weight is 230 g/mol. The highest BCUT2D eigenvalue weighted by atomic mass is 16.4. The van der Waals surface area contributed by atoms with Crippen molar-refractivity contribution in [2.24, 2.45) is 0 Å². The SMILES string of the molecule is CC[C@@H]1[C@@H](O)[C@H](O)[C@@H](O)[C@H]2NC(=O)C(=O)N12. The van der Waals surface area contributed by atoms with Crippen LogP contribution in [0.4, 0.5) is 0 Å². The van der Waals surface area contributed by atoms with Crippen molar-refractivity contribution in [1.29, 1.82) is 0 Å². The summed E-state index contributed by atoms with van der Waals surface area (Å²) < 4.78 is 0. The molecule has 2 amide bonds. The summed E-state index contributed by atoms with van der Waals surface area (Å²) in [5, 5.41) is 31.2. The minimum absolute atomic E-state index is 0.391. The van der Waals surface area contributed by atoms with Gasteiger partial charge in [-0.25, -0.2) is 0 Å². The molecule has 0 aromatic carbocycles. The van der Waals surface area contributed by atoms with Gasteiger partial charge in [-0.1, -0.05) is 6.92 Å². The second kappa shape index (κ2) is 3.69. The van der Waals surface area contributed by atoms with Crippen molar-refractivity contribution in [3.63, 3.8) is 0 Å². The minimum atomic E-state index is -1.37. The van der Waals surface area contributed by atoms with E-state index in [9.17, 15) is 24.9 Å². The number of aliphatic hydroxyl groups is 3. The Kier molecular flexibility index (Phi) is 2.61. The van der Waals surface area contributed by atoms with Crippen molar-refractivity contribution in [2.75, 3.05) is 0 Å². The van der Waals surface area contributed by atoms with Gasteiger partial charge < -0.3 is 25.5 Å². The van der Waals surface area contributed by atoms with E-state index in [1.165, 1.54) is 0 Å². The van der Waals surface area contributed by atoms with Crippen LogP contribution in [-0.4, -0.2) is 62.6 Å². The summed E-state index contributed by atoms with van der Waals surface area (Å²) in [6.45, 7) is 1.73. The molecule has 2 aliphatic rings. The van der Waals surface area contributed by atoms with E-state index in [4.69, 9.17) is 0 Å². The Morgan fingerprint density at radius 3 is 2.38 bits per heavy atom. The zero-order valence-electron chi connectivity index (χ0n) is 8.70. The quantitative estimate of drug-likeness (QED) is 0.362. The van der Waals surface area contributed by atoms with Gasteiger partial charge in [0.1, 0.15) is 24.5 Å². The van der Waals surface area contributed by atoms with Gasteiger partial charge in [0.25, 0.3) is 0 Å². The first-order valence-corrected chi connectivity index (χ1v) is 5.16. The summed E-state index contributed by atoms with van der Waals surface area (Å²) in [4.78, 5) is 23.8. The van der Waals surface area contributed by atoms with Gasteiger partial charge in [0.15, 0.2) is 0 Å². The molecule has 7 nitrogen and oxygen atoms in total. The lowest BCUT2D eigenvalue weighted by molar-refractivity contribution is -0.170. The highest BCUT2D eigenvalue weighted by Gasteiger charge is 2.54. The van der Waals surface area contributed by atoms with E-state index in [1.54, 1.807) is 6.92 Å². The fraction of sp³-hybridized carbons (Fsp3) is 0.778. The van der Waals surface area contributed by atoms with Crippen LogP contribution in [-0.2, 0) is 9.59 Å². The third kappa shape index (κ3) is 1.32. The molecule has 5 atom stereocenters. The second-order valence-corrected chi connectivity index (χ2v) is 4.08. The molecule has 7 heteroatoms. The lowest BCUT2D eigenvalue weighted by Gasteiger charge is -2.44. The van der Waals surface area contributed by atoms with Gasteiger partial charge in [-0.15, -0.1) is 0 Å². The number of carbonyl (C=O) groups excluding carboxylic acids is 2. The molecule has 2 heterocycles. The Hall–Kier alpha value is -1.18. The maximum absolute atomic E-state index is 11.5. The van der Waals surface area contributed by atoms with Gasteiger partial charge in [0.05, 0.1) is 6.04 Å². The van der Waals surface area contributed by atoms with Crippen molar-refractivity contribution >= 4 is 11.8 Å². The van der Waals surface area contributed by atoms with Crippen LogP contribution in [0.3, 0.4) is 0 Å². The zero-order chi connectivity index (χ0) is 12.0. The van der Waals surface area contributed by atoms with Crippen LogP contribution in [0.2, 0.25) is 0 Å². The van der Waals surface area contributed by atoms with Gasteiger partial charge in [-0.3, -0.25) is 9.59 Å². The number of aliphatic hydroxyl groups excluding tert-OH is 3. The average Bonchev–Trinajstić information content (AvgIpc) is 2.55. The van der Waals surface area contributed by atoms with E-state index in [1.807, 2.05) is 0 Å². The monoisotopic (exact) mass is 230 g/mol. The smallest absolute Gasteiger partial charge is 0.314 e. The summed E-state index contributed by atoms with van der Waals surface area (Å²) in [6.07, 6.45) is -4.52. The number of hydrogen-bond acceptors (Lipinski definition) is 5. The Morgan fingerprint density at radius 2 is 1.81 bits per heavy atom. The number of piperidine rings is 1. The normalized spacial score (nSPS) is 43.2. The van der Waals surface area contributed by atoms with Crippen LogP contribution in [0.5, 0.6) is 0 Å². The topological polar surface area (TPSA) is 110 Å². The maximum atomic E-state index is 11.5. The summed E-state index contributed by atoms with van der Waals surface area (Å²) in [5.41, 5.74) is 0. The first kappa shape index (κ1) is 11.3. The Labute approximate surface area is 91.7 Å². The van der Waals surface area contributed by atoms with E-state index >= 15 is 0 Å². The molecule has 0 aliphatic carbocycles. The lowest BCUT2D eigenvalue weighted by atomic mass is 9.90. The van der Waals surface area contributed by atoms with E-state index < -0.39 is 42.3 Å². The molecule has 0 radical (unpaired) electrons. The lowest BCUT2D eigenvalue weighted by Crippen LogP contribution is -2.67. The maximum Gasteiger partial charge on any atom is 0.314 e. The largest absolute Gasteiger partial charge is 0.388 e. The zero-order valence-corrected chi connectivity index (χ0v) is 8.70. The van der Waals surface area contributed by atoms with Crippen molar-refractivity contribution in [1.82, 2.24) is 10.2 Å².